The molecule has 2 aliphatic rings. The molecule has 76 heavy (non-hydrogen) atoms. The summed E-state index contributed by atoms with van der Waals surface area (Å²) in [5.41, 5.74) is 13.7. The number of aliphatic imine (C=N–C) groups is 1. The van der Waals surface area contributed by atoms with Crippen LogP contribution in [0.5, 0.6) is 0 Å². The normalized spacial score (nSPS) is 21.1. The molecule has 0 aliphatic carbocycles. The van der Waals surface area contributed by atoms with Crippen molar-refractivity contribution in [2.75, 3.05) is 106 Å². The number of fused-ring (bicyclic) bond motifs is 1. The van der Waals surface area contributed by atoms with Gasteiger partial charge in [0.05, 0.1) is 56.5 Å². The lowest BCUT2D eigenvalue weighted by atomic mass is 9.96. The van der Waals surface area contributed by atoms with E-state index in [-0.39, 0.29) is 87.7 Å². The van der Waals surface area contributed by atoms with Gasteiger partial charge >= 0.3 is 18.3 Å². The molecule has 2 aliphatic heterocycles. The van der Waals surface area contributed by atoms with E-state index < -0.39 is 48.2 Å². The van der Waals surface area contributed by atoms with E-state index in [4.69, 9.17) is 30.6 Å². The number of nitrogens with two attached hydrogens (primary N) is 2. The number of nitrogens with zero attached hydrogens (tertiary/aromatic N) is 6. The van der Waals surface area contributed by atoms with Gasteiger partial charge in [-0.25, -0.2) is 4.98 Å². The maximum Gasteiger partial charge on any atom is 0.373 e. The number of aromatic amines is 2. The number of nitrogens with one attached hydrogen (secondary N) is 7. The Labute approximate surface area is 442 Å². The number of H-pyrrole nitrogens is 2. The number of rotatable bonds is 16. The Hall–Kier alpha value is -6.86. The van der Waals surface area contributed by atoms with Crippen LogP contribution in [0, 0.1) is 0 Å². The van der Waals surface area contributed by atoms with Crippen LogP contribution in [0.25, 0.3) is 10.9 Å². The first-order chi connectivity index (χ1) is 36.5. The zero-order valence-electron chi connectivity index (χ0n) is 43.7. The quantitative estimate of drug-likeness (QED) is 0.0310. The first-order valence-electron chi connectivity index (χ1n) is 25.5. The summed E-state index contributed by atoms with van der Waals surface area (Å²) >= 11 is 0. The largest absolute Gasteiger partial charge is 0.480 e. The lowest BCUT2D eigenvalue weighted by molar-refractivity contribution is -0.193. The van der Waals surface area contributed by atoms with Crippen molar-refractivity contribution >= 4 is 64.3 Å². The predicted octanol–water partition coefficient (Wildman–Crippen LogP) is -2.38. The molecule has 4 heterocycles. The Bertz CT molecular complexity index is 2340. The molecule has 26 heteroatoms. The van der Waals surface area contributed by atoms with Crippen LogP contribution in [0.3, 0.4) is 0 Å². The van der Waals surface area contributed by atoms with E-state index in [1.165, 1.54) is 6.33 Å². The highest BCUT2D eigenvalue weighted by atomic mass is 16.4. The number of aliphatic carboxylic acids is 1. The third-order valence-electron chi connectivity index (χ3n) is 12.9. The molecule has 1 aromatic carbocycles. The monoisotopic (exact) mass is 1060 g/mol. The summed E-state index contributed by atoms with van der Waals surface area (Å²) in [5.74, 6) is -2.60. The molecule has 26 nitrogen and oxygen atoms in total. The average Bonchev–Trinajstić information content (AvgIpc) is 4.05. The van der Waals surface area contributed by atoms with E-state index in [2.05, 4.69) is 68.3 Å². The van der Waals surface area contributed by atoms with Crippen LogP contribution < -0.4 is 38.1 Å². The van der Waals surface area contributed by atoms with E-state index in [1.807, 2.05) is 42.4 Å². The molecule has 0 saturated carbocycles. The molecule has 2 saturated heterocycles. The highest BCUT2D eigenvalue weighted by Gasteiger charge is 2.31. The summed E-state index contributed by atoms with van der Waals surface area (Å²) in [6.45, 7) is 6.81. The maximum absolute atomic E-state index is 14.4. The van der Waals surface area contributed by atoms with Gasteiger partial charge in [0.1, 0.15) is 5.78 Å². The van der Waals surface area contributed by atoms with E-state index in [0.29, 0.717) is 64.2 Å². The van der Waals surface area contributed by atoms with Gasteiger partial charge in [-0.1, -0.05) is 24.6 Å². The number of amides is 2. The van der Waals surface area contributed by atoms with Gasteiger partial charge in [-0.15, -0.1) is 0 Å². The summed E-state index contributed by atoms with van der Waals surface area (Å²) in [7, 11) is 4.09. The van der Waals surface area contributed by atoms with Gasteiger partial charge in [0, 0.05) is 114 Å². The number of hydrogen-bond donors (Lipinski definition) is 10. The fourth-order valence-electron chi connectivity index (χ4n) is 8.71. The summed E-state index contributed by atoms with van der Waals surface area (Å²) in [6.07, 6.45) is 7.41. The van der Waals surface area contributed by atoms with Gasteiger partial charge in [-0.2, -0.15) is 19.2 Å². The smallest absolute Gasteiger partial charge is 0.373 e. The third-order valence-corrected chi connectivity index (χ3v) is 12.9. The van der Waals surface area contributed by atoms with Crippen LogP contribution in [0.2, 0.25) is 0 Å². The second kappa shape index (κ2) is 36.2. The van der Waals surface area contributed by atoms with Crippen LogP contribution in [0.4, 0.5) is 0 Å². The Morgan fingerprint density at radius 2 is 1.45 bits per heavy atom. The topological polar surface area (TPSA) is 373 Å². The molecule has 0 bridgehead atoms. The van der Waals surface area contributed by atoms with Crippen LogP contribution in [-0.2, 0) is 60.8 Å². The number of imidazole rings is 1. The van der Waals surface area contributed by atoms with Gasteiger partial charge in [-0.05, 0) is 64.4 Å². The summed E-state index contributed by atoms with van der Waals surface area (Å²) in [6, 6.07) is 5.13. The number of Topliss-reactive ketones (excluding diaryl/α,β-unsaturated/α-hetero) is 3. The number of carbonyl (C=O) groups is 6. The van der Waals surface area contributed by atoms with Crippen molar-refractivity contribution in [2.24, 2.45) is 16.5 Å². The first kappa shape index (κ1) is 63.4. The van der Waals surface area contributed by atoms with Crippen LogP contribution in [-0.4, -0.2) is 223 Å². The lowest BCUT2D eigenvalue weighted by Crippen LogP contribution is -2.54. The third kappa shape index (κ3) is 25.6. The molecule has 2 aromatic heterocycles. The average molecular weight is 1060 g/mol. The van der Waals surface area contributed by atoms with Crippen molar-refractivity contribution in [3.63, 3.8) is 0 Å². The first-order valence-corrected chi connectivity index (χ1v) is 25.5. The second-order valence-corrected chi connectivity index (χ2v) is 18.8. The number of carbonyl (C=O) groups excluding carboxylic acids is 9. The number of carboxylic acid groups (broad SMARTS) is 1. The van der Waals surface area contributed by atoms with Crippen molar-refractivity contribution in [3.05, 3.63) is 54.2 Å². The predicted molar refractivity (Wildman–Crippen MR) is 278 cm³/mol. The van der Waals surface area contributed by atoms with E-state index >= 15 is 0 Å². The molecule has 0 radical (unpaired) electrons. The van der Waals surface area contributed by atoms with Crippen molar-refractivity contribution in [1.82, 2.24) is 61.1 Å². The Kier molecular flexibility index (Phi) is 30.2. The maximum atomic E-state index is 14.4. The minimum atomic E-state index is -1.03. The van der Waals surface area contributed by atoms with Gasteiger partial charge in [0.25, 0.3) is 0 Å². The van der Waals surface area contributed by atoms with Crippen molar-refractivity contribution in [1.29, 1.82) is 0 Å². The summed E-state index contributed by atoms with van der Waals surface area (Å²) in [5, 5.41) is 26.6. The number of guanidine groups is 1. The zero-order chi connectivity index (χ0) is 55.7. The molecule has 1 unspecified atom stereocenters. The molecule has 2 fully saturated rings. The standard InChI is InChI=1S/C48H77N15O7.2CO2/c1-60-17-18-61(2)20-22-63(32-46(68)69)24-23-62(21-19-60)31-36(64)12-16-53-44-28-45(67)54-14-7-3-6-13-52-41(25-34-29-56-38-10-5-4-9-37(34)38)47(70)59-39(11-8-15-55-48(49)50)42(65)27-43(66)40(58-44)26-35-30-51-33-57-35;2*2-1-3/h4-5,9-10,29-30,33,39-41,44,52-53,56,58H,3,6-8,11-28,31-32H2,1-2H3,(H,51,57)(H,54,67)(H,59,70)(H,68,69)(H4,49,50,55);;/t39-,40-,41-,44?;;/m0../s1. The number of benzene rings is 1. The molecule has 2 amide bonds. The van der Waals surface area contributed by atoms with E-state index in [0.717, 1.165) is 55.5 Å². The molecular weight excluding hydrogens is 987 g/mol. The van der Waals surface area contributed by atoms with Gasteiger partial charge in [0.2, 0.25) is 11.8 Å². The van der Waals surface area contributed by atoms with Crippen LogP contribution in [0.1, 0.15) is 62.6 Å². The van der Waals surface area contributed by atoms with E-state index in [1.54, 1.807) is 6.20 Å². The molecule has 0 spiro atoms. The number of carboxylic acids is 1. The molecule has 3 aromatic rings. The lowest BCUT2D eigenvalue weighted by Gasteiger charge is -2.31. The fourth-order valence-corrected chi connectivity index (χ4v) is 8.71. The molecular formula is C50H77N15O11. The number of para-hydroxylation sites is 1. The van der Waals surface area contributed by atoms with Crippen molar-refractivity contribution in [3.8, 4) is 0 Å². The highest BCUT2D eigenvalue weighted by Crippen LogP contribution is 2.20. The van der Waals surface area contributed by atoms with Gasteiger partial charge in [-0.3, -0.25) is 48.9 Å². The Morgan fingerprint density at radius 3 is 2.11 bits per heavy atom. The molecule has 5 rings (SSSR count). The summed E-state index contributed by atoms with van der Waals surface area (Å²) in [4.78, 5) is 137. The fraction of sp³-hybridized carbons (Fsp3) is 0.600. The zero-order valence-corrected chi connectivity index (χ0v) is 43.7. The second-order valence-electron chi connectivity index (χ2n) is 18.8. The Morgan fingerprint density at radius 1 is 0.816 bits per heavy atom. The van der Waals surface area contributed by atoms with E-state index in [9.17, 15) is 33.9 Å². The minimum absolute atomic E-state index is 0.0332. The highest BCUT2D eigenvalue weighted by molar-refractivity contribution is 6.05. The van der Waals surface area contributed by atoms with Gasteiger partial charge < -0.3 is 57.6 Å². The Balaban J connectivity index is 0.00000242. The number of likely N-dealkylation sites (N-methyl/N-ethyl adjacent to an activating group) is 2. The van der Waals surface area contributed by atoms with Crippen molar-refractivity contribution in [2.45, 2.75) is 88.5 Å². The number of aromatic nitrogens is 3. The number of hydrogen-bond acceptors (Lipinski definition) is 19. The molecule has 418 valence electrons. The van der Waals surface area contributed by atoms with Gasteiger partial charge in [0.15, 0.2) is 17.5 Å². The SMILES string of the molecule is CN1CCN(C)CCN(CC(=O)CCNC2CC(=O)NCCCCCN[C@@H](Cc3c[nH]c4ccccc34)C(=O)N[C@@H](CCCN=C(N)N)C(=O)CC(=O)[C@H](Cc3cnc[nH]3)N2)CCN(CC(=O)O)CC1.O=C=O.O=C=O. The summed E-state index contributed by atoms with van der Waals surface area (Å²) < 4.78 is 0. The van der Waals surface area contributed by atoms with Crippen LogP contribution >= 0.6 is 0 Å². The minimum Gasteiger partial charge on any atom is -0.480 e. The molecule has 12 N–H and O–H groups in total. The van der Waals surface area contributed by atoms with Crippen LogP contribution in [0.15, 0.2) is 48.0 Å². The van der Waals surface area contributed by atoms with Crippen molar-refractivity contribution < 1.29 is 53.1 Å². The molecule has 4 atom stereocenters. The number of ketones is 3.